The van der Waals surface area contributed by atoms with E-state index < -0.39 is 0 Å². The van der Waals surface area contributed by atoms with E-state index in [0.717, 1.165) is 64.0 Å². The SMILES string of the molecule is CN1CCN(CCCCCCN2C(=O)CN(/N=C/c3ccc(-c4ccc(Cl)cc4)o3)C2=O)CC1. The minimum absolute atomic E-state index is 0.0382. The van der Waals surface area contributed by atoms with Gasteiger partial charge in [0.15, 0.2) is 0 Å². The fourth-order valence-corrected chi connectivity index (χ4v) is 4.31. The minimum atomic E-state index is -0.372. The number of rotatable bonds is 10. The van der Waals surface area contributed by atoms with Crippen LogP contribution in [-0.2, 0) is 4.79 Å². The lowest BCUT2D eigenvalue weighted by atomic mass is 10.1. The van der Waals surface area contributed by atoms with Crippen LogP contribution in [0.1, 0.15) is 31.4 Å². The maximum absolute atomic E-state index is 12.6. The maximum Gasteiger partial charge on any atom is 0.347 e. The van der Waals surface area contributed by atoms with Crippen molar-refractivity contribution in [2.75, 3.05) is 52.9 Å². The second kappa shape index (κ2) is 11.6. The molecule has 2 aliphatic rings. The summed E-state index contributed by atoms with van der Waals surface area (Å²) in [5.74, 6) is 0.973. The quantitative estimate of drug-likeness (QED) is 0.289. The molecule has 34 heavy (non-hydrogen) atoms. The summed E-state index contributed by atoms with van der Waals surface area (Å²) in [6, 6.07) is 10.6. The summed E-state index contributed by atoms with van der Waals surface area (Å²) in [4.78, 5) is 31.1. The fraction of sp³-hybridized carbons (Fsp3) is 0.480. The first-order valence-electron chi connectivity index (χ1n) is 11.9. The van der Waals surface area contributed by atoms with E-state index in [4.69, 9.17) is 16.0 Å². The van der Waals surface area contributed by atoms with Gasteiger partial charge in [0, 0.05) is 43.3 Å². The maximum atomic E-state index is 12.6. The van der Waals surface area contributed by atoms with Crippen molar-refractivity contribution in [3.63, 3.8) is 0 Å². The third-order valence-electron chi connectivity index (χ3n) is 6.32. The van der Waals surface area contributed by atoms with E-state index in [9.17, 15) is 9.59 Å². The van der Waals surface area contributed by atoms with Crippen LogP contribution < -0.4 is 0 Å². The predicted molar refractivity (Wildman–Crippen MR) is 133 cm³/mol. The van der Waals surface area contributed by atoms with Crippen LogP contribution in [0.2, 0.25) is 5.02 Å². The third-order valence-corrected chi connectivity index (χ3v) is 6.57. The van der Waals surface area contributed by atoms with Gasteiger partial charge in [-0.1, -0.05) is 24.4 Å². The number of carbonyl (C=O) groups is 2. The lowest BCUT2D eigenvalue weighted by Gasteiger charge is -2.32. The number of halogens is 1. The van der Waals surface area contributed by atoms with Gasteiger partial charge in [0.05, 0.1) is 6.21 Å². The number of amides is 3. The Labute approximate surface area is 205 Å². The topological polar surface area (TPSA) is 72.6 Å². The molecular formula is C25H32ClN5O3. The number of likely N-dealkylation sites (N-methyl/N-ethyl adjacent to an activating group) is 1. The summed E-state index contributed by atoms with van der Waals surface area (Å²) in [6.07, 6.45) is 5.56. The van der Waals surface area contributed by atoms with Crippen molar-refractivity contribution < 1.29 is 14.0 Å². The number of urea groups is 1. The smallest absolute Gasteiger partial charge is 0.347 e. The molecule has 8 nitrogen and oxygen atoms in total. The van der Waals surface area contributed by atoms with E-state index >= 15 is 0 Å². The van der Waals surface area contributed by atoms with Crippen molar-refractivity contribution in [3.05, 3.63) is 47.2 Å². The van der Waals surface area contributed by atoms with Gasteiger partial charge < -0.3 is 14.2 Å². The van der Waals surface area contributed by atoms with Crippen LogP contribution in [0.4, 0.5) is 4.79 Å². The Morgan fingerprint density at radius 3 is 2.38 bits per heavy atom. The molecule has 0 unspecified atom stereocenters. The number of carbonyl (C=O) groups excluding carboxylic acids is 2. The summed E-state index contributed by atoms with van der Waals surface area (Å²) >= 11 is 5.93. The van der Waals surface area contributed by atoms with E-state index in [1.165, 1.54) is 16.1 Å². The minimum Gasteiger partial charge on any atom is -0.455 e. The van der Waals surface area contributed by atoms with E-state index in [1.807, 2.05) is 18.2 Å². The van der Waals surface area contributed by atoms with Gasteiger partial charge in [-0.15, -0.1) is 0 Å². The first kappa shape index (κ1) is 24.4. The number of imide groups is 1. The van der Waals surface area contributed by atoms with Gasteiger partial charge in [-0.05, 0) is 62.8 Å². The molecule has 0 aliphatic carbocycles. The van der Waals surface area contributed by atoms with Gasteiger partial charge in [0.1, 0.15) is 18.1 Å². The van der Waals surface area contributed by atoms with Gasteiger partial charge in [0.25, 0.3) is 5.91 Å². The summed E-state index contributed by atoms with van der Waals surface area (Å²) in [5, 5.41) is 6.04. The van der Waals surface area contributed by atoms with Gasteiger partial charge >= 0.3 is 6.03 Å². The Kier molecular flexibility index (Phi) is 8.37. The Hall–Kier alpha value is -2.68. The Morgan fingerprint density at radius 1 is 0.941 bits per heavy atom. The predicted octanol–water partition coefficient (Wildman–Crippen LogP) is 4.01. The molecule has 0 atom stereocenters. The second-order valence-corrected chi connectivity index (χ2v) is 9.33. The average molecular weight is 486 g/mol. The number of piperazine rings is 1. The molecule has 0 N–H and O–H groups in total. The van der Waals surface area contributed by atoms with Crippen LogP contribution in [0.5, 0.6) is 0 Å². The second-order valence-electron chi connectivity index (χ2n) is 8.90. The van der Waals surface area contributed by atoms with E-state index in [1.54, 1.807) is 18.2 Å². The van der Waals surface area contributed by atoms with Gasteiger partial charge in [-0.2, -0.15) is 5.10 Å². The number of hydrazone groups is 1. The number of benzene rings is 1. The number of nitrogens with zero attached hydrogens (tertiary/aromatic N) is 5. The van der Waals surface area contributed by atoms with Crippen molar-refractivity contribution in [1.82, 2.24) is 19.7 Å². The molecular weight excluding hydrogens is 454 g/mol. The fourth-order valence-electron chi connectivity index (χ4n) is 4.19. The monoisotopic (exact) mass is 485 g/mol. The molecule has 1 aromatic carbocycles. The van der Waals surface area contributed by atoms with Crippen LogP contribution in [-0.4, -0.2) is 90.7 Å². The average Bonchev–Trinajstić information content (AvgIpc) is 3.41. The molecule has 182 valence electrons. The highest BCUT2D eigenvalue weighted by Crippen LogP contribution is 2.23. The zero-order chi connectivity index (χ0) is 23.9. The van der Waals surface area contributed by atoms with Crippen LogP contribution in [0, 0.1) is 0 Å². The standard InChI is InChI=1S/C25H32ClN5O3/c1-28-14-16-29(17-15-28)12-4-2-3-5-13-30-24(32)19-31(25(30)33)27-18-22-10-11-23(34-22)20-6-8-21(26)9-7-20/h6-11,18H,2-5,12-17,19H2,1H3/b27-18+. The number of hydrogen-bond acceptors (Lipinski definition) is 6. The lowest BCUT2D eigenvalue weighted by molar-refractivity contribution is -0.125. The Bertz CT molecular complexity index is 998. The first-order valence-corrected chi connectivity index (χ1v) is 12.3. The highest BCUT2D eigenvalue weighted by atomic mass is 35.5. The molecule has 0 radical (unpaired) electrons. The van der Waals surface area contributed by atoms with E-state index in [-0.39, 0.29) is 18.5 Å². The highest BCUT2D eigenvalue weighted by Gasteiger charge is 2.35. The Balaban J connectivity index is 1.18. The van der Waals surface area contributed by atoms with Crippen molar-refractivity contribution in [2.45, 2.75) is 25.7 Å². The molecule has 2 saturated heterocycles. The normalized spacial score (nSPS) is 18.1. The molecule has 3 amide bonds. The number of furan rings is 1. The molecule has 0 bridgehead atoms. The summed E-state index contributed by atoms with van der Waals surface area (Å²) in [5.41, 5.74) is 0.895. The van der Waals surface area contributed by atoms with Gasteiger partial charge in [0.2, 0.25) is 0 Å². The van der Waals surface area contributed by atoms with Crippen molar-refractivity contribution >= 4 is 29.8 Å². The zero-order valence-electron chi connectivity index (χ0n) is 19.7. The molecule has 1 aromatic heterocycles. The van der Waals surface area contributed by atoms with Crippen molar-refractivity contribution in [1.29, 1.82) is 0 Å². The van der Waals surface area contributed by atoms with Crippen molar-refractivity contribution in [3.8, 4) is 11.3 Å². The largest absolute Gasteiger partial charge is 0.455 e. The third kappa shape index (κ3) is 6.46. The van der Waals surface area contributed by atoms with Gasteiger partial charge in [-0.25, -0.2) is 9.80 Å². The molecule has 9 heteroatoms. The summed E-state index contributed by atoms with van der Waals surface area (Å²) < 4.78 is 5.78. The molecule has 2 aliphatic heterocycles. The molecule has 0 saturated carbocycles. The molecule has 4 rings (SSSR count). The number of unbranched alkanes of at least 4 members (excludes halogenated alkanes) is 3. The highest BCUT2D eigenvalue weighted by molar-refractivity contribution is 6.30. The van der Waals surface area contributed by atoms with Crippen LogP contribution >= 0.6 is 11.6 Å². The molecule has 0 spiro atoms. The first-order chi connectivity index (χ1) is 16.5. The zero-order valence-corrected chi connectivity index (χ0v) is 20.4. The van der Waals surface area contributed by atoms with Crippen LogP contribution in [0.3, 0.4) is 0 Å². The summed E-state index contributed by atoms with van der Waals surface area (Å²) in [7, 11) is 2.17. The van der Waals surface area contributed by atoms with Gasteiger partial charge in [-0.3, -0.25) is 9.69 Å². The molecule has 2 aromatic rings. The van der Waals surface area contributed by atoms with Crippen LogP contribution in [0.15, 0.2) is 45.9 Å². The van der Waals surface area contributed by atoms with Crippen molar-refractivity contribution in [2.24, 2.45) is 5.10 Å². The summed E-state index contributed by atoms with van der Waals surface area (Å²) in [6.45, 7) is 6.10. The number of hydrogen-bond donors (Lipinski definition) is 0. The molecule has 3 heterocycles. The lowest BCUT2D eigenvalue weighted by Crippen LogP contribution is -2.44. The molecule has 2 fully saturated rings. The van der Waals surface area contributed by atoms with E-state index in [0.29, 0.717) is 23.1 Å². The van der Waals surface area contributed by atoms with E-state index in [2.05, 4.69) is 21.9 Å². The van der Waals surface area contributed by atoms with Crippen LogP contribution in [0.25, 0.3) is 11.3 Å². The Morgan fingerprint density at radius 2 is 1.65 bits per heavy atom.